The fourth-order valence-corrected chi connectivity index (χ4v) is 2.21. The number of rotatable bonds is 20. The normalized spacial score (nSPS) is 11.1. The van der Waals surface area contributed by atoms with Crippen LogP contribution in [0, 0.1) is 0 Å². The minimum Gasteiger partial charge on any atom is -0.394 e. The molecule has 0 unspecified atom stereocenters. The molecule has 0 heterocycles. The summed E-state index contributed by atoms with van der Waals surface area (Å²) in [5.74, 6) is 0.306. The predicted octanol–water partition coefficient (Wildman–Crippen LogP) is 1.94. The van der Waals surface area contributed by atoms with Crippen molar-refractivity contribution in [3.05, 3.63) is 0 Å². The van der Waals surface area contributed by atoms with Crippen LogP contribution in [0.25, 0.3) is 0 Å². The van der Waals surface area contributed by atoms with E-state index in [1.54, 1.807) is 6.92 Å². The van der Waals surface area contributed by atoms with Gasteiger partial charge in [0, 0.05) is 13.0 Å². The average Bonchev–Trinajstić information content (AvgIpc) is 2.56. The van der Waals surface area contributed by atoms with E-state index in [1.165, 1.54) is 32.1 Å². The van der Waals surface area contributed by atoms with Gasteiger partial charge in [-0.3, -0.25) is 0 Å². The maximum absolute atomic E-state index is 10.8. The molecule has 0 amide bonds. The van der Waals surface area contributed by atoms with E-state index < -0.39 is 0 Å². The molecule has 0 aromatic carbocycles. The summed E-state index contributed by atoms with van der Waals surface area (Å²) in [6.07, 6.45) is 7.91. The van der Waals surface area contributed by atoms with Gasteiger partial charge in [0.25, 0.3) is 0 Å². The van der Waals surface area contributed by atoms with Crippen molar-refractivity contribution in [2.45, 2.75) is 51.9 Å². The Bertz CT molecular complexity index is 264. The highest BCUT2D eigenvalue weighted by molar-refractivity contribution is 5.75. The van der Waals surface area contributed by atoms with Crippen LogP contribution in [-0.4, -0.2) is 70.2 Å². The zero-order valence-corrected chi connectivity index (χ0v) is 15.4. The number of carbonyl (C=O) groups is 1. The summed E-state index contributed by atoms with van der Waals surface area (Å²) >= 11 is 0. The smallest absolute Gasteiger partial charge is 0.129 e. The second-order valence-corrected chi connectivity index (χ2v) is 5.88. The summed E-state index contributed by atoms with van der Waals surface area (Å²) < 4.78 is 15.9. The molecule has 0 atom stereocenters. The van der Waals surface area contributed by atoms with Gasteiger partial charge in [0.1, 0.15) is 5.78 Å². The zero-order valence-electron chi connectivity index (χ0n) is 15.4. The average molecular weight is 347 g/mol. The van der Waals surface area contributed by atoms with E-state index in [0.29, 0.717) is 45.4 Å². The van der Waals surface area contributed by atoms with Crippen LogP contribution in [0.15, 0.2) is 0 Å². The maximum atomic E-state index is 10.8. The van der Waals surface area contributed by atoms with Crippen molar-refractivity contribution in [2.24, 2.45) is 0 Å². The van der Waals surface area contributed by atoms with Gasteiger partial charge < -0.3 is 29.4 Å². The molecule has 0 rings (SSSR count). The zero-order chi connectivity index (χ0) is 17.7. The Balaban J connectivity index is 2.97. The SMILES string of the molecule is CC(=O)CCCCCCCCNCCOCCOCCOCCO. The van der Waals surface area contributed by atoms with E-state index in [0.717, 1.165) is 25.9 Å². The number of ketones is 1. The molecule has 6 nitrogen and oxygen atoms in total. The summed E-state index contributed by atoms with van der Waals surface area (Å²) in [4.78, 5) is 10.8. The Morgan fingerprint density at radius 3 is 1.92 bits per heavy atom. The minimum absolute atomic E-state index is 0.0528. The Labute approximate surface area is 147 Å². The maximum Gasteiger partial charge on any atom is 0.129 e. The summed E-state index contributed by atoms with van der Waals surface area (Å²) in [6.45, 7) is 6.92. The molecule has 24 heavy (non-hydrogen) atoms. The quantitative estimate of drug-likeness (QED) is 0.328. The molecule has 0 aliphatic heterocycles. The number of nitrogens with one attached hydrogen (secondary N) is 1. The first-order chi connectivity index (χ1) is 11.8. The van der Waals surface area contributed by atoms with Crippen LogP contribution in [0.2, 0.25) is 0 Å². The molecule has 0 aromatic rings. The van der Waals surface area contributed by atoms with Crippen molar-refractivity contribution >= 4 is 5.78 Å². The van der Waals surface area contributed by atoms with Crippen LogP contribution in [-0.2, 0) is 19.0 Å². The largest absolute Gasteiger partial charge is 0.394 e. The van der Waals surface area contributed by atoms with Gasteiger partial charge in [-0.05, 0) is 26.3 Å². The number of ether oxygens (including phenoxy) is 3. The molecule has 0 fully saturated rings. The van der Waals surface area contributed by atoms with Gasteiger partial charge in [-0.2, -0.15) is 0 Å². The number of aliphatic hydroxyl groups excluding tert-OH is 1. The molecular weight excluding hydrogens is 310 g/mol. The lowest BCUT2D eigenvalue weighted by Crippen LogP contribution is -2.21. The van der Waals surface area contributed by atoms with Crippen molar-refractivity contribution in [3.8, 4) is 0 Å². The van der Waals surface area contributed by atoms with E-state index >= 15 is 0 Å². The van der Waals surface area contributed by atoms with Gasteiger partial charge in [-0.1, -0.05) is 25.7 Å². The number of Topliss-reactive ketones (excluding diaryl/α,β-unsaturated/α-hetero) is 1. The third-order valence-electron chi connectivity index (χ3n) is 3.54. The first kappa shape index (κ1) is 23.5. The van der Waals surface area contributed by atoms with Gasteiger partial charge in [0.05, 0.1) is 46.2 Å². The van der Waals surface area contributed by atoms with Crippen LogP contribution in [0.5, 0.6) is 0 Å². The van der Waals surface area contributed by atoms with Crippen molar-refractivity contribution in [2.75, 3.05) is 59.3 Å². The molecule has 6 heteroatoms. The summed E-state index contributed by atoms with van der Waals surface area (Å²) in [6, 6.07) is 0. The number of unbranched alkanes of at least 4 members (excludes halogenated alkanes) is 5. The van der Waals surface area contributed by atoms with Gasteiger partial charge in [0.15, 0.2) is 0 Å². The summed E-state index contributed by atoms with van der Waals surface area (Å²) in [7, 11) is 0. The lowest BCUT2D eigenvalue weighted by atomic mass is 10.1. The van der Waals surface area contributed by atoms with Gasteiger partial charge >= 0.3 is 0 Å². The van der Waals surface area contributed by atoms with Gasteiger partial charge in [-0.25, -0.2) is 0 Å². The van der Waals surface area contributed by atoms with E-state index in [4.69, 9.17) is 19.3 Å². The monoisotopic (exact) mass is 347 g/mol. The first-order valence-electron chi connectivity index (χ1n) is 9.31. The first-order valence-corrected chi connectivity index (χ1v) is 9.31. The topological polar surface area (TPSA) is 77.0 Å². The molecule has 0 aliphatic rings. The van der Waals surface area contributed by atoms with E-state index in [2.05, 4.69) is 5.32 Å². The Hall–Kier alpha value is -0.530. The van der Waals surface area contributed by atoms with Crippen LogP contribution >= 0.6 is 0 Å². The number of aliphatic hydroxyl groups is 1. The fraction of sp³-hybridized carbons (Fsp3) is 0.944. The molecule has 0 bridgehead atoms. The van der Waals surface area contributed by atoms with E-state index in [9.17, 15) is 4.79 Å². The van der Waals surface area contributed by atoms with Gasteiger partial charge in [-0.15, -0.1) is 0 Å². The van der Waals surface area contributed by atoms with E-state index in [1.807, 2.05) is 0 Å². The van der Waals surface area contributed by atoms with Crippen LogP contribution in [0.4, 0.5) is 0 Å². The van der Waals surface area contributed by atoms with E-state index in [-0.39, 0.29) is 6.61 Å². The van der Waals surface area contributed by atoms with Crippen molar-refractivity contribution in [1.82, 2.24) is 5.32 Å². The lowest BCUT2D eigenvalue weighted by Gasteiger charge is -2.07. The Kier molecular flexibility index (Phi) is 20.1. The number of hydrogen-bond donors (Lipinski definition) is 2. The fourth-order valence-electron chi connectivity index (χ4n) is 2.21. The van der Waals surface area contributed by atoms with Crippen molar-refractivity contribution in [3.63, 3.8) is 0 Å². The standard InChI is InChI=1S/C18H37NO5/c1-18(21)8-6-4-2-3-5-7-9-19-10-12-22-14-16-24-17-15-23-13-11-20/h19-20H,2-17H2,1H3. The lowest BCUT2D eigenvalue weighted by molar-refractivity contribution is -0.117. The Morgan fingerprint density at radius 1 is 0.750 bits per heavy atom. The third-order valence-corrected chi connectivity index (χ3v) is 3.54. The summed E-state index contributed by atoms with van der Waals surface area (Å²) in [5, 5.41) is 11.9. The molecular formula is C18H37NO5. The molecule has 0 radical (unpaired) electrons. The van der Waals surface area contributed by atoms with Crippen LogP contribution < -0.4 is 5.32 Å². The summed E-state index contributed by atoms with van der Waals surface area (Å²) in [5.41, 5.74) is 0. The van der Waals surface area contributed by atoms with Gasteiger partial charge in [0.2, 0.25) is 0 Å². The molecule has 2 N–H and O–H groups in total. The second-order valence-electron chi connectivity index (χ2n) is 5.88. The van der Waals surface area contributed by atoms with Crippen LogP contribution in [0.3, 0.4) is 0 Å². The number of carbonyl (C=O) groups excluding carboxylic acids is 1. The Morgan fingerprint density at radius 2 is 1.29 bits per heavy atom. The highest BCUT2D eigenvalue weighted by atomic mass is 16.5. The molecule has 0 saturated heterocycles. The predicted molar refractivity (Wildman–Crippen MR) is 95.4 cm³/mol. The van der Waals surface area contributed by atoms with Crippen molar-refractivity contribution < 1.29 is 24.1 Å². The molecule has 0 aliphatic carbocycles. The minimum atomic E-state index is 0.0528. The highest BCUT2D eigenvalue weighted by Gasteiger charge is 1.95. The molecule has 0 aromatic heterocycles. The third kappa shape index (κ3) is 21.5. The molecule has 0 saturated carbocycles. The van der Waals surface area contributed by atoms with Crippen LogP contribution in [0.1, 0.15) is 51.9 Å². The molecule has 0 spiro atoms. The van der Waals surface area contributed by atoms with Crippen molar-refractivity contribution in [1.29, 1.82) is 0 Å². The number of hydrogen-bond acceptors (Lipinski definition) is 6. The highest BCUT2D eigenvalue weighted by Crippen LogP contribution is 2.06. The second kappa shape index (κ2) is 20.5. The molecule has 144 valence electrons.